The van der Waals surface area contributed by atoms with Gasteiger partial charge in [0.25, 0.3) is 17.7 Å². The molecule has 2 aromatic rings. The Balaban J connectivity index is 1.40. The van der Waals surface area contributed by atoms with Crippen molar-refractivity contribution in [1.29, 1.82) is 0 Å². The first-order valence-electron chi connectivity index (χ1n) is 10.2. The summed E-state index contributed by atoms with van der Waals surface area (Å²) in [4.78, 5) is 51.4. The van der Waals surface area contributed by atoms with Gasteiger partial charge in [-0.05, 0) is 45.0 Å². The lowest BCUT2D eigenvalue weighted by Gasteiger charge is -2.39. The number of ether oxygens (including phenoxy) is 2. The molecule has 1 fully saturated rings. The molecule has 2 aliphatic rings. The third kappa shape index (κ3) is 4.14. The number of hydrogen-bond donors (Lipinski definition) is 1. The molecule has 0 spiro atoms. The molecule has 166 valence electrons. The quantitative estimate of drug-likeness (QED) is 0.738. The minimum absolute atomic E-state index is 0.166. The molecule has 2 aromatic carbocycles. The number of imide groups is 1. The van der Waals surface area contributed by atoms with Crippen molar-refractivity contribution in [3.05, 3.63) is 65.2 Å². The van der Waals surface area contributed by atoms with E-state index in [4.69, 9.17) is 9.47 Å². The summed E-state index contributed by atoms with van der Waals surface area (Å²) >= 11 is 0. The summed E-state index contributed by atoms with van der Waals surface area (Å²) in [6.07, 6.45) is -0.732. The summed E-state index contributed by atoms with van der Waals surface area (Å²) in [6.45, 7) is 6.03. The van der Waals surface area contributed by atoms with Gasteiger partial charge < -0.3 is 14.4 Å². The first-order chi connectivity index (χ1) is 15.1. The molecule has 1 N–H and O–H groups in total. The van der Waals surface area contributed by atoms with Gasteiger partial charge in [0.2, 0.25) is 0 Å². The average molecular weight is 437 g/mol. The van der Waals surface area contributed by atoms with E-state index < -0.39 is 29.4 Å². The van der Waals surface area contributed by atoms with Crippen LogP contribution < -0.4 is 10.2 Å². The van der Waals surface area contributed by atoms with Crippen LogP contribution in [0.4, 0.5) is 4.79 Å². The van der Waals surface area contributed by atoms with Crippen LogP contribution >= 0.6 is 0 Å². The van der Waals surface area contributed by atoms with E-state index in [1.165, 1.54) is 23.1 Å². The average Bonchev–Trinajstić information content (AvgIpc) is 2.94. The molecule has 9 nitrogen and oxygen atoms in total. The van der Waals surface area contributed by atoms with Crippen molar-refractivity contribution in [1.82, 2.24) is 15.3 Å². The summed E-state index contributed by atoms with van der Waals surface area (Å²) in [7, 11) is 0. The molecule has 0 bridgehead atoms. The highest BCUT2D eigenvalue weighted by molar-refractivity contribution is 6.22. The number of fused-ring (bicyclic) bond motifs is 1. The molecule has 4 amide bonds. The summed E-state index contributed by atoms with van der Waals surface area (Å²) < 4.78 is 11.2. The van der Waals surface area contributed by atoms with Crippen LogP contribution in [0, 0.1) is 0 Å². The lowest BCUT2D eigenvalue weighted by Crippen LogP contribution is -2.57. The van der Waals surface area contributed by atoms with Crippen molar-refractivity contribution >= 4 is 23.8 Å². The van der Waals surface area contributed by atoms with Gasteiger partial charge in [0, 0.05) is 0 Å². The first-order valence-corrected chi connectivity index (χ1v) is 10.2. The van der Waals surface area contributed by atoms with E-state index >= 15 is 0 Å². The molecule has 1 saturated heterocycles. The first kappa shape index (κ1) is 21.4. The molecule has 2 heterocycles. The molecule has 2 aliphatic heterocycles. The zero-order valence-corrected chi connectivity index (χ0v) is 18.0. The van der Waals surface area contributed by atoms with Crippen LogP contribution in [0.3, 0.4) is 0 Å². The van der Waals surface area contributed by atoms with Crippen molar-refractivity contribution in [3.63, 3.8) is 0 Å². The smallest absolute Gasteiger partial charge is 0.410 e. The van der Waals surface area contributed by atoms with E-state index in [9.17, 15) is 19.2 Å². The van der Waals surface area contributed by atoms with Gasteiger partial charge in [0.15, 0.2) is 0 Å². The van der Waals surface area contributed by atoms with Crippen molar-refractivity contribution in [2.45, 2.75) is 32.5 Å². The van der Waals surface area contributed by atoms with Crippen LogP contribution in [0.25, 0.3) is 0 Å². The Hall–Kier alpha value is -3.88. The monoisotopic (exact) mass is 437 g/mol. The lowest BCUT2D eigenvalue weighted by molar-refractivity contribution is -0.0223. The summed E-state index contributed by atoms with van der Waals surface area (Å²) in [5.41, 5.74) is 2.43. The van der Waals surface area contributed by atoms with Gasteiger partial charge in [0.1, 0.15) is 17.5 Å². The third-order valence-electron chi connectivity index (χ3n) is 4.93. The number of rotatable bonds is 4. The van der Waals surface area contributed by atoms with Crippen LogP contribution in [0.15, 0.2) is 48.5 Å². The number of nitrogens with one attached hydrogen (secondary N) is 1. The van der Waals surface area contributed by atoms with Crippen LogP contribution in [-0.4, -0.2) is 58.5 Å². The van der Waals surface area contributed by atoms with Crippen LogP contribution in [0.1, 0.15) is 51.8 Å². The molecule has 0 radical (unpaired) electrons. The van der Waals surface area contributed by atoms with Gasteiger partial charge in [0.05, 0.1) is 29.8 Å². The second kappa shape index (κ2) is 7.99. The summed E-state index contributed by atoms with van der Waals surface area (Å²) in [6, 6.07) is 12.9. The van der Waals surface area contributed by atoms with E-state index in [1.54, 1.807) is 51.1 Å². The van der Waals surface area contributed by atoms with Crippen molar-refractivity contribution in [2.24, 2.45) is 0 Å². The highest BCUT2D eigenvalue weighted by atomic mass is 16.6. The molecule has 0 saturated carbocycles. The fourth-order valence-electron chi connectivity index (χ4n) is 3.38. The standard InChI is InChI=1S/C23H23N3O6/c1-23(2,3)32-22(30)25-12-14(13-25)31-18-11-7-6-10-17(18)19(27)24-26-20(28)15-8-4-5-9-16(15)21(26)29/h4-11,14H,12-13H2,1-3H3,(H,24,27). The van der Waals surface area contributed by atoms with E-state index in [2.05, 4.69) is 5.43 Å². The highest BCUT2D eigenvalue weighted by Gasteiger charge is 2.38. The molecule has 4 rings (SSSR count). The number of hydrazine groups is 1. The van der Waals surface area contributed by atoms with Gasteiger partial charge >= 0.3 is 6.09 Å². The van der Waals surface area contributed by atoms with Crippen LogP contribution in [-0.2, 0) is 4.74 Å². The topological polar surface area (TPSA) is 105 Å². The lowest BCUT2D eigenvalue weighted by atomic mass is 10.1. The normalized spacial score (nSPS) is 15.8. The minimum atomic E-state index is -0.654. The Morgan fingerprint density at radius 2 is 1.50 bits per heavy atom. The van der Waals surface area contributed by atoms with Gasteiger partial charge in [-0.2, -0.15) is 5.01 Å². The number of hydrogen-bond acceptors (Lipinski definition) is 6. The van der Waals surface area contributed by atoms with Gasteiger partial charge in [-0.3, -0.25) is 19.8 Å². The maximum atomic E-state index is 12.9. The second-order valence-electron chi connectivity index (χ2n) is 8.55. The number of amides is 4. The molecule has 0 atom stereocenters. The molecule has 0 unspecified atom stereocenters. The Labute approximate surface area is 184 Å². The van der Waals surface area contributed by atoms with Gasteiger partial charge in [-0.25, -0.2) is 4.79 Å². The highest BCUT2D eigenvalue weighted by Crippen LogP contribution is 2.25. The fraction of sp³-hybridized carbons (Fsp3) is 0.304. The van der Waals surface area contributed by atoms with Crippen molar-refractivity contribution < 1.29 is 28.7 Å². The number of carbonyl (C=O) groups excluding carboxylic acids is 4. The van der Waals surface area contributed by atoms with E-state index in [0.29, 0.717) is 18.1 Å². The zero-order chi connectivity index (χ0) is 23.0. The Bertz CT molecular complexity index is 1070. The second-order valence-corrected chi connectivity index (χ2v) is 8.55. The third-order valence-corrected chi connectivity index (χ3v) is 4.93. The molecule has 9 heteroatoms. The fourth-order valence-corrected chi connectivity index (χ4v) is 3.38. The molecule has 0 aliphatic carbocycles. The maximum absolute atomic E-state index is 12.9. The van der Waals surface area contributed by atoms with Gasteiger partial charge in [-0.15, -0.1) is 0 Å². The summed E-state index contributed by atoms with van der Waals surface area (Å²) in [5.74, 6) is -1.55. The minimum Gasteiger partial charge on any atom is -0.486 e. The number of para-hydroxylation sites is 1. The number of likely N-dealkylation sites (tertiary alicyclic amines) is 1. The van der Waals surface area contributed by atoms with Gasteiger partial charge in [-0.1, -0.05) is 24.3 Å². The number of benzene rings is 2. The summed E-state index contributed by atoms with van der Waals surface area (Å²) in [5, 5.41) is 0.706. The predicted octanol–water partition coefficient (Wildman–Crippen LogP) is 2.63. The molecule has 32 heavy (non-hydrogen) atoms. The Kier molecular flexibility index (Phi) is 5.33. The predicted molar refractivity (Wildman–Crippen MR) is 113 cm³/mol. The molecular formula is C23H23N3O6. The van der Waals surface area contributed by atoms with Crippen LogP contribution in [0.5, 0.6) is 5.75 Å². The largest absolute Gasteiger partial charge is 0.486 e. The van der Waals surface area contributed by atoms with E-state index in [1.807, 2.05) is 0 Å². The number of carbonyl (C=O) groups is 4. The van der Waals surface area contributed by atoms with E-state index in [0.717, 1.165) is 0 Å². The maximum Gasteiger partial charge on any atom is 0.410 e. The van der Waals surface area contributed by atoms with Crippen LogP contribution in [0.2, 0.25) is 0 Å². The molecule has 0 aromatic heterocycles. The van der Waals surface area contributed by atoms with Crippen molar-refractivity contribution in [3.8, 4) is 5.75 Å². The zero-order valence-electron chi connectivity index (χ0n) is 18.0. The SMILES string of the molecule is CC(C)(C)OC(=O)N1CC(Oc2ccccc2C(=O)NN2C(=O)c3ccccc3C2=O)C1. The van der Waals surface area contributed by atoms with E-state index in [-0.39, 0.29) is 28.5 Å². The Morgan fingerprint density at radius 3 is 2.09 bits per heavy atom. The van der Waals surface area contributed by atoms with Crippen molar-refractivity contribution in [2.75, 3.05) is 13.1 Å². The molecular weight excluding hydrogens is 414 g/mol. The number of nitrogens with zero attached hydrogens (tertiary/aromatic N) is 2. The Morgan fingerprint density at radius 1 is 0.938 bits per heavy atom.